The third-order valence-corrected chi connectivity index (χ3v) is 4.86. The molecule has 0 saturated heterocycles. The number of anilines is 2. The van der Waals surface area contributed by atoms with Crippen LogP contribution in [0.15, 0.2) is 47.3 Å². The van der Waals surface area contributed by atoms with Gasteiger partial charge in [0.05, 0.1) is 23.1 Å². The Kier molecular flexibility index (Phi) is 4.51. The van der Waals surface area contributed by atoms with Crippen molar-refractivity contribution in [3.63, 3.8) is 0 Å². The van der Waals surface area contributed by atoms with Gasteiger partial charge in [0, 0.05) is 10.7 Å². The monoisotopic (exact) mass is 400 g/mol. The van der Waals surface area contributed by atoms with Crippen LogP contribution in [-0.2, 0) is 4.74 Å². The number of aromatic nitrogens is 3. The maximum absolute atomic E-state index is 12.6. The highest BCUT2D eigenvalue weighted by Gasteiger charge is 2.12. The van der Waals surface area contributed by atoms with E-state index in [-0.39, 0.29) is 11.5 Å². The Morgan fingerprint density at radius 1 is 1.26 bits per heavy atom. The minimum atomic E-state index is -0.370. The number of carbonyl (C=O) groups excluding carboxylic acids is 1. The van der Waals surface area contributed by atoms with E-state index in [2.05, 4.69) is 15.4 Å². The van der Waals surface area contributed by atoms with Crippen LogP contribution in [-0.4, -0.2) is 27.2 Å². The topological polar surface area (TPSA) is 85.6 Å². The zero-order valence-corrected chi connectivity index (χ0v) is 15.7. The number of rotatable bonds is 4. The lowest BCUT2D eigenvalue weighted by Crippen LogP contribution is -2.15. The van der Waals surface area contributed by atoms with Crippen LogP contribution in [0.25, 0.3) is 15.9 Å². The summed E-state index contributed by atoms with van der Waals surface area (Å²) in [5, 5.41) is 8.88. The quantitative estimate of drug-likeness (QED) is 0.523. The molecule has 136 valence electrons. The average molecular weight is 401 g/mol. The number of ether oxygens (including phenoxy) is 1. The molecule has 2 aromatic heterocycles. The third kappa shape index (κ3) is 3.36. The van der Waals surface area contributed by atoms with Crippen molar-refractivity contribution in [2.24, 2.45) is 0 Å². The number of halogens is 1. The largest absolute Gasteiger partial charge is 0.462 e. The molecule has 0 aliphatic heterocycles. The fourth-order valence-electron chi connectivity index (χ4n) is 2.56. The van der Waals surface area contributed by atoms with Crippen LogP contribution in [0.3, 0.4) is 0 Å². The van der Waals surface area contributed by atoms with E-state index in [1.54, 1.807) is 49.4 Å². The number of nitrogens with zero attached hydrogens (tertiary/aromatic N) is 3. The van der Waals surface area contributed by atoms with Crippen LogP contribution in [0.1, 0.15) is 17.3 Å². The maximum Gasteiger partial charge on any atom is 0.338 e. The molecule has 0 unspecified atom stereocenters. The van der Waals surface area contributed by atoms with Crippen molar-refractivity contribution in [3.05, 3.63) is 63.4 Å². The van der Waals surface area contributed by atoms with Gasteiger partial charge in [-0.2, -0.15) is 4.52 Å². The Balaban J connectivity index is 1.66. The predicted octanol–water partition coefficient (Wildman–Crippen LogP) is 3.88. The van der Waals surface area contributed by atoms with Crippen LogP contribution in [0.4, 0.5) is 10.8 Å². The van der Waals surface area contributed by atoms with Gasteiger partial charge in [-0.25, -0.2) is 9.78 Å². The summed E-state index contributed by atoms with van der Waals surface area (Å²) in [6.45, 7) is 2.08. The molecule has 2 heterocycles. The molecular formula is C18H13ClN4O3S. The summed E-state index contributed by atoms with van der Waals surface area (Å²) in [7, 11) is 0. The van der Waals surface area contributed by atoms with Gasteiger partial charge in [0.15, 0.2) is 0 Å². The fourth-order valence-corrected chi connectivity index (χ4v) is 3.54. The van der Waals surface area contributed by atoms with Gasteiger partial charge in [0.2, 0.25) is 10.1 Å². The van der Waals surface area contributed by atoms with Gasteiger partial charge in [-0.15, -0.1) is 5.10 Å². The Morgan fingerprint density at radius 2 is 2.04 bits per heavy atom. The van der Waals surface area contributed by atoms with Gasteiger partial charge in [-0.1, -0.05) is 22.9 Å². The molecule has 0 aliphatic rings. The summed E-state index contributed by atoms with van der Waals surface area (Å²) in [4.78, 5) is 29.2. The van der Waals surface area contributed by atoms with Crippen LogP contribution in [0.5, 0.6) is 0 Å². The smallest absolute Gasteiger partial charge is 0.338 e. The molecule has 0 spiro atoms. The molecule has 2 aromatic carbocycles. The second-order valence-electron chi connectivity index (χ2n) is 5.60. The molecule has 4 rings (SSSR count). The minimum absolute atomic E-state index is 0.256. The number of hydrogen-bond acceptors (Lipinski definition) is 7. The fraction of sp³-hybridized carbons (Fsp3) is 0.111. The molecule has 0 aliphatic carbocycles. The Hall–Kier alpha value is -2.97. The zero-order valence-electron chi connectivity index (χ0n) is 14.1. The van der Waals surface area contributed by atoms with Crippen LogP contribution >= 0.6 is 22.9 Å². The van der Waals surface area contributed by atoms with Crippen molar-refractivity contribution in [1.29, 1.82) is 0 Å². The van der Waals surface area contributed by atoms with Crippen molar-refractivity contribution in [3.8, 4) is 0 Å². The second kappa shape index (κ2) is 6.98. The van der Waals surface area contributed by atoms with Gasteiger partial charge < -0.3 is 10.1 Å². The van der Waals surface area contributed by atoms with E-state index in [9.17, 15) is 9.59 Å². The lowest BCUT2D eigenvalue weighted by Gasteiger charge is -2.04. The zero-order chi connectivity index (χ0) is 19.0. The van der Waals surface area contributed by atoms with E-state index in [0.29, 0.717) is 38.2 Å². The highest BCUT2D eigenvalue weighted by Crippen LogP contribution is 2.24. The molecule has 0 fully saturated rings. The summed E-state index contributed by atoms with van der Waals surface area (Å²) in [5.41, 5.74) is 1.46. The molecule has 0 atom stereocenters. The summed E-state index contributed by atoms with van der Waals surface area (Å²) in [6.07, 6.45) is 0. The van der Waals surface area contributed by atoms with Crippen LogP contribution < -0.4 is 10.9 Å². The first-order chi connectivity index (χ1) is 13.0. The first kappa shape index (κ1) is 17.4. The molecular weight excluding hydrogens is 388 g/mol. The molecule has 0 saturated carbocycles. The van der Waals surface area contributed by atoms with Crippen molar-refractivity contribution in [2.45, 2.75) is 6.92 Å². The SMILES string of the molecule is CCOC(=O)c1ccc(Nc2nn3c(=O)c4ccc(Cl)cc4nc3s2)cc1. The number of carbonyl (C=O) groups is 1. The summed E-state index contributed by atoms with van der Waals surface area (Å²) in [6, 6.07) is 11.7. The van der Waals surface area contributed by atoms with Crippen molar-refractivity contribution < 1.29 is 9.53 Å². The average Bonchev–Trinajstić information content (AvgIpc) is 3.05. The highest BCUT2D eigenvalue weighted by molar-refractivity contribution is 7.20. The number of fused-ring (bicyclic) bond motifs is 2. The first-order valence-electron chi connectivity index (χ1n) is 8.08. The van der Waals surface area contributed by atoms with Gasteiger partial charge in [0.1, 0.15) is 0 Å². The summed E-state index contributed by atoms with van der Waals surface area (Å²) < 4.78 is 6.22. The standard InChI is InChI=1S/C18H13ClN4O3S/c1-2-26-16(25)10-3-6-12(7-4-10)20-17-22-23-15(24)13-8-5-11(19)9-14(13)21-18(23)27-17/h3-9H,2H2,1H3,(H,20,22). The number of benzene rings is 2. The Morgan fingerprint density at radius 3 is 2.78 bits per heavy atom. The second-order valence-corrected chi connectivity index (χ2v) is 7.00. The maximum atomic E-state index is 12.6. The third-order valence-electron chi connectivity index (χ3n) is 3.81. The molecule has 7 nitrogen and oxygen atoms in total. The molecule has 0 amide bonds. The summed E-state index contributed by atoms with van der Waals surface area (Å²) in [5.74, 6) is -0.370. The normalized spacial score (nSPS) is 11.0. The van der Waals surface area contributed by atoms with Gasteiger partial charge in [-0.3, -0.25) is 4.79 Å². The van der Waals surface area contributed by atoms with E-state index >= 15 is 0 Å². The summed E-state index contributed by atoms with van der Waals surface area (Å²) >= 11 is 7.22. The molecule has 4 aromatic rings. The first-order valence-corrected chi connectivity index (χ1v) is 9.28. The van der Waals surface area contributed by atoms with Crippen LogP contribution in [0.2, 0.25) is 5.02 Å². The minimum Gasteiger partial charge on any atom is -0.462 e. The molecule has 27 heavy (non-hydrogen) atoms. The van der Waals surface area contributed by atoms with Crippen LogP contribution in [0, 0.1) is 0 Å². The molecule has 9 heteroatoms. The molecule has 0 radical (unpaired) electrons. The molecule has 1 N–H and O–H groups in total. The Labute approximate surface area is 162 Å². The van der Waals surface area contributed by atoms with E-state index in [1.165, 1.54) is 15.9 Å². The van der Waals surface area contributed by atoms with Crippen molar-refractivity contribution in [1.82, 2.24) is 14.6 Å². The van der Waals surface area contributed by atoms with Crippen molar-refractivity contribution >= 4 is 55.6 Å². The van der Waals surface area contributed by atoms with Gasteiger partial charge in [0.25, 0.3) is 5.56 Å². The van der Waals surface area contributed by atoms with E-state index in [0.717, 1.165) is 5.69 Å². The number of esters is 1. The number of nitrogens with one attached hydrogen (secondary N) is 1. The lowest BCUT2D eigenvalue weighted by atomic mass is 10.2. The van der Waals surface area contributed by atoms with Gasteiger partial charge in [-0.05, 0) is 49.4 Å². The van der Waals surface area contributed by atoms with E-state index in [1.807, 2.05) is 0 Å². The highest BCUT2D eigenvalue weighted by atomic mass is 35.5. The van der Waals surface area contributed by atoms with E-state index in [4.69, 9.17) is 16.3 Å². The Bertz CT molecular complexity index is 1220. The van der Waals surface area contributed by atoms with Gasteiger partial charge >= 0.3 is 5.97 Å². The lowest BCUT2D eigenvalue weighted by molar-refractivity contribution is 0.0526. The molecule has 0 bridgehead atoms. The number of hydrogen-bond donors (Lipinski definition) is 1. The van der Waals surface area contributed by atoms with E-state index < -0.39 is 0 Å². The predicted molar refractivity (Wildman–Crippen MR) is 105 cm³/mol. The van der Waals surface area contributed by atoms with Crippen molar-refractivity contribution in [2.75, 3.05) is 11.9 Å².